The van der Waals surface area contributed by atoms with Gasteiger partial charge in [-0.1, -0.05) is 6.92 Å². The number of halogens is 1. The summed E-state index contributed by atoms with van der Waals surface area (Å²) in [4.78, 5) is 18.7. The number of H-pyrrole nitrogens is 1. The fraction of sp³-hybridized carbons (Fsp3) is 0.231. The van der Waals surface area contributed by atoms with Gasteiger partial charge >= 0.3 is 0 Å². The molecule has 0 radical (unpaired) electrons. The first kappa shape index (κ1) is 12.3. The Labute approximate surface area is 104 Å². The molecule has 0 saturated carbocycles. The fourth-order valence-electron chi connectivity index (χ4n) is 1.76. The molecule has 1 aromatic carbocycles. The van der Waals surface area contributed by atoms with Crippen molar-refractivity contribution >= 4 is 11.6 Å². The number of benzene rings is 1. The van der Waals surface area contributed by atoms with Gasteiger partial charge in [0.25, 0.3) is 5.56 Å². The van der Waals surface area contributed by atoms with Crippen molar-refractivity contribution in [2.24, 2.45) is 0 Å². The molecule has 0 saturated heterocycles. The first-order valence-electron chi connectivity index (χ1n) is 5.72. The smallest absolute Gasteiger partial charge is 0.255 e. The minimum atomic E-state index is -0.306. The van der Waals surface area contributed by atoms with Gasteiger partial charge in [-0.2, -0.15) is 0 Å². The van der Waals surface area contributed by atoms with E-state index in [1.807, 2.05) is 6.92 Å². The molecule has 1 heterocycles. The molecule has 0 bridgehead atoms. The van der Waals surface area contributed by atoms with E-state index in [0.29, 0.717) is 29.3 Å². The number of aromatic amines is 1. The van der Waals surface area contributed by atoms with E-state index in [9.17, 15) is 9.18 Å². The second-order valence-corrected chi connectivity index (χ2v) is 3.96. The highest BCUT2D eigenvalue weighted by atomic mass is 19.1. The van der Waals surface area contributed by atoms with Crippen molar-refractivity contribution in [1.82, 2.24) is 9.97 Å². The number of nitrogens with zero attached hydrogens (tertiary/aromatic N) is 1. The molecule has 0 spiro atoms. The van der Waals surface area contributed by atoms with Crippen molar-refractivity contribution in [3.05, 3.63) is 51.7 Å². The minimum Gasteiger partial charge on any atom is -0.326 e. The molecule has 1 aromatic heterocycles. The van der Waals surface area contributed by atoms with E-state index in [0.717, 1.165) is 0 Å². The van der Waals surface area contributed by atoms with Gasteiger partial charge in [0.15, 0.2) is 0 Å². The summed E-state index contributed by atoms with van der Waals surface area (Å²) in [6, 6.07) is 5.85. The number of nitrogens with one attached hydrogen (secondary N) is 2. The van der Waals surface area contributed by atoms with Crippen molar-refractivity contribution in [3.63, 3.8) is 0 Å². The molecule has 0 unspecified atom stereocenters. The monoisotopic (exact) mass is 247 g/mol. The highest BCUT2D eigenvalue weighted by Crippen LogP contribution is 2.13. The highest BCUT2D eigenvalue weighted by molar-refractivity contribution is 5.52. The number of anilines is 2. The lowest BCUT2D eigenvalue weighted by atomic mass is 10.2. The van der Waals surface area contributed by atoms with E-state index in [1.165, 1.54) is 12.1 Å². The van der Waals surface area contributed by atoms with Crippen LogP contribution in [-0.2, 0) is 6.42 Å². The second-order valence-electron chi connectivity index (χ2n) is 3.96. The predicted molar refractivity (Wildman–Crippen MR) is 68.7 cm³/mol. The average molecular weight is 247 g/mol. The number of aromatic nitrogens is 2. The van der Waals surface area contributed by atoms with E-state index in [1.54, 1.807) is 19.1 Å². The molecule has 0 aliphatic heterocycles. The van der Waals surface area contributed by atoms with Gasteiger partial charge in [0.2, 0.25) is 5.95 Å². The Morgan fingerprint density at radius 3 is 2.56 bits per heavy atom. The third kappa shape index (κ3) is 2.56. The summed E-state index contributed by atoms with van der Waals surface area (Å²) in [6.07, 6.45) is 0.644. The standard InChI is InChI=1S/C13H14FN3O/c1-3-11-8(2)15-13(17-12(11)18)16-10-6-4-9(14)5-7-10/h4-7H,3H2,1-2H3,(H2,15,16,17,18). The van der Waals surface area contributed by atoms with Crippen LogP contribution in [0.4, 0.5) is 16.0 Å². The molecular formula is C13H14FN3O. The van der Waals surface area contributed by atoms with Gasteiger partial charge in [-0.25, -0.2) is 9.37 Å². The van der Waals surface area contributed by atoms with Crippen LogP contribution in [0.2, 0.25) is 0 Å². The van der Waals surface area contributed by atoms with Gasteiger partial charge in [0.1, 0.15) is 5.82 Å². The minimum absolute atomic E-state index is 0.144. The Balaban J connectivity index is 2.30. The lowest BCUT2D eigenvalue weighted by Gasteiger charge is -2.07. The second kappa shape index (κ2) is 5.00. The summed E-state index contributed by atoms with van der Waals surface area (Å²) in [5.74, 6) is 0.0563. The summed E-state index contributed by atoms with van der Waals surface area (Å²) in [7, 11) is 0. The van der Waals surface area contributed by atoms with Crippen molar-refractivity contribution < 1.29 is 4.39 Å². The van der Waals surface area contributed by atoms with Crippen molar-refractivity contribution in [2.75, 3.05) is 5.32 Å². The van der Waals surface area contributed by atoms with Gasteiger partial charge < -0.3 is 5.32 Å². The zero-order chi connectivity index (χ0) is 13.1. The molecule has 0 atom stereocenters. The molecule has 2 rings (SSSR count). The Morgan fingerprint density at radius 2 is 2.00 bits per heavy atom. The summed E-state index contributed by atoms with van der Waals surface area (Å²) in [5, 5.41) is 2.93. The van der Waals surface area contributed by atoms with Gasteiger partial charge in [0, 0.05) is 16.9 Å². The third-order valence-corrected chi connectivity index (χ3v) is 2.68. The van der Waals surface area contributed by atoms with Crippen LogP contribution in [0.25, 0.3) is 0 Å². The Kier molecular flexibility index (Phi) is 3.41. The van der Waals surface area contributed by atoms with Crippen molar-refractivity contribution in [2.45, 2.75) is 20.3 Å². The Morgan fingerprint density at radius 1 is 1.33 bits per heavy atom. The fourth-order valence-corrected chi connectivity index (χ4v) is 1.76. The quantitative estimate of drug-likeness (QED) is 0.876. The SMILES string of the molecule is CCc1c(C)nc(Nc2ccc(F)cc2)[nH]c1=O. The van der Waals surface area contributed by atoms with Crippen LogP contribution in [0, 0.1) is 12.7 Å². The molecule has 18 heavy (non-hydrogen) atoms. The van der Waals surface area contributed by atoms with Crippen LogP contribution < -0.4 is 10.9 Å². The Hall–Kier alpha value is -2.17. The van der Waals surface area contributed by atoms with Crippen LogP contribution in [0.15, 0.2) is 29.1 Å². The van der Waals surface area contributed by atoms with E-state index < -0.39 is 0 Å². The van der Waals surface area contributed by atoms with E-state index >= 15 is 0 Å². The van der Waals surface area contributed by atoms with Gasteiger partial charge in [-0.05, 0) is 37.6 Å². The van der Waals surface area contributed by atoms with E-state index in [-0.39, 0.29) is 11.4 Å². The van der Waals surface area contributed by atoms with Crippen LogP contribution in [0.1, 0.15) is 18.2 Å². The van der Waals surface area contributed by atoms with Gasteiger partial charge in [-0.15, -0.1) is 0 Å². The molecule has 2 aromatic rings. The summed E-state index contributed by atoms with van der Waals surface area (Å²) >= 11 is 0. The molecule has 0 amide bonds. The maximum absolute atomic E-state index is 12.8. The van der Waals surface area contributed by atoms with E-state index in [4.69, 9.17) is 0 Å². The van der Waals surface area contributed by atoms with Crippen LogP contribution in [-0.4, -0.2) is 9.97 Å². The largest absolute Gasteiger partial charge is 0.326 e. The zero-order valence-corrected chi connectivity index (χ0v) is 10.2. The molecule has 94 valence electrons. The van der Waals surface area contributed by atoms with Gasteiger partial charge in [0.05, 0.1) is 0 Å². The first-order valence-corrected chi connectivity index (χ1v) is 5.72. The maximum atomic E-state index is 12.8. The number of hydrogen-bond acceptors (Lipinski definition) is 3. The van der Waals surface area contributed by atoms with Crippen molar-refractivity contribution in [3.8, 4) is 0 Å². The van der Waals surface area contributed by atoms with Crippen LogP contribution in [0.5, 0.6) is 0 Å². The summed E-state index contributed by atoms with van der Waals surface area (Å²) in [5.41, 5.74) is 1.91. The number of hydrogen-bond donors (Lipinski definition) is 2. The van der Waals surface area contributed by atoms with Gasteiger partial charge in [-0.3, -0.25) is 9.78 Å². The lowest BCUT2D eigenvalue weighted by molar-refractivity contribution is 0.628. The normalized spacial score (nSPS) is 10.4. The molecule has 0 aliphatic rings. The van der Waals surface area contributed by atoms with Crippen molar-refractivity contribution in [1.29, 1.82) is 0 Å². The summed E-state index contributed by atoms with van der Waals surface area (Å²) < 4.78 is 12.8. The van der Waals surface area contributed by atoms with Crippen LogP contribution in [0.3, 0.4) is 0 Å². The molecule has 2 N–H and O–H groups in total. The molecule has 0 fully saturated rings. The average Bonchev–Trinajstić information content (AvgIpc) is 2.32. The zero-order valence-electron chi connectivity index (χ0n) is 10.2. The molecule has 0 aliphatic carbocycles. The molecule has 5 heteroatoms. The van der Waals surface area contributed by atoms with Crippen LogP contribution >= 0.6 is 0 Å². The maximum Gasteiger partial charge on any atom is 0.255 e. The first-order chi connectivity index (χ1) is 8.60. The number of aryl methyl sites for hydroxylation is 1. The Bertz CT molecular complexity index is 605. The molecular weight excluding hydrogens is 233 g/mol. The molecule has 4 nitrogen and oxygen atoms in total. The predicted octanol–water partition coefficient (Wildman–Crippen LogP) is 2.52. The topological polar surface area (TPSA) is 57.8 Å². The number of rotatable bonds is 3. The third-order valence-electron chi connectivity index (χ3n) is 2.68. The highest BCUT2D eigenvalue weighted by Gasteiger charge is 2.06. The van der Waals surface area contributed by atoms with E-state index in [2.05, 4.69) is 15.3 Å². The summed E-state index contributed by atoms with van der Waals surface area (Å²) in [6.45, 7) is 3.70. The lowest BCUT2D eigenvalue weighted by Crippen LogP contribution is -2.17.